The molecule has 20 heteroatoms. The number of nitrogens with zero attached hydrogens (tertiary/aromatic N) is 1. The van der Waals surface area contributed by atoms with Crippen molar-refractivity contribution >= 4 is 23.5 Å². The molecule has 1 saturated heterocycles. The van der Waals surface area contributed by atoms with Gasteiger partial charge in [-0.2, -0.15) is 8.62 Å². The molecule has 1 fully saturated rings. The summed E-state index contributed by atoms with van der Waals surface area (Å²) in [6.07, 6.45) is -5.46. The predicted molar refractivity (Wildman–Crippen MR) is 104 cm³/mol. The molecule has 1 aromatic rings. The molecule has 1 aliphatic heterocycles. The number of ether oxygens (including phenoxy) is 1. The lowest BCUT2D eigenvalue weighted by atomic mass is 9.94. The Morgan fingerprint density at radius 3 is 2.30 bits per heavy atom. The SMILES string of the molecule is CC#CC1(O)[C@@H](O)[C@@H](COP(=O)(O)OP(=O)(O)OP(=O)(O)O)O[C@H]1n1c(C)cc(=O)[nH]c1=O. The number of phosphoric ester groups is 1. The summed E-state index contributed by atoms with van der Waals surface area (Å²) in [6.45, 7) is 1.47. The van der Waals surface area contributed by atoms with Crippen molar-refractivity contribution in [1.82, 2.24) is 9.55 Å². The van der Waals surface area contributed by atoms with Gasteiger partial charge in [-0.15, -0.1) is 5.92 Å². The van der Waals surface area contributed by atoms with Crippen LogP contribution in [0.3, 0.4) is 0 Å². The Bertz CT molecular complexity index is 1220. The third-order valence-electron chi connectivity index (χ3n) is 4.03. The van der Waals surface area contributed by atoms with Crippen molar-refractivity contribution in [2.24, 2.45) is 0 Å². The van der Waals surface area contributed by atoms with Crippen LogP contribution in [0.4, 0.5) is 0 Å². The first-order valence-electron chi connectivity index (χ1n) is 8.51. The lowest BCUT2D eigenvalue weighted by molar-refractivity contribution is -0.0771. The molecule has 1 aliphatic rings. The number of aromatic amines is 1. The average Bonchev–Trinajstić information content (AvgIpc) is 2.81. The molecule has 2 heterocycles. The van der Waals surface area contributed by atoms with Gasteiger partial charge in [-0.25, -0.2) is 18.5 Å². The summed E-state index contributed by atoms with van der Waals surface area (Å²) in [6, 6.07) is 0.982. The highest BCUT2D eigenvalue weighted by Crippen LogP contribution is 2.66. The van der Waals surface area contributed by atoms with Gasteiger partial charge in [-0.05, 0) is 13.8 Å². The van der Waals surface area contributed by atoms with Gasteiger partial charge in [0.05, 0.1) is 6.61 Å². The minimum Gasteiger partial charge on any atom is -0.386 e. The van der Waals surface area contributed by atoms with Gasteiger partial charge >= 0.3 is 29.2 Å². The van der Waals surface area contributed by atoms with Gasteiger partial charge in [0.2, 0.25) is 0 Å². The number of phosphoric acid groups is 3. The molecule has 1 aromatic heterocycles. The first-order chi connectivity index (χ1) is 14.9. The average molecular weight is 536 g/mol. The highest BCUT2D eigenvalue weighted by molar-refractivity contribution is 7.66. The monoisotopic (exact) mass is 536 g/mol. The first kappa shape index (κ1) is 27.8. The Hall–Kier alpha value is -1.47. The third-order valence-corrected chi connectivity index (χ3v) is 7.83. The van der Waals surface area contributed by atoms with E-state index in [0.29, 0.717) is 0 Å². The smallest absolute Gasteiger partial charge is 0.386 e. The second-order valence-corrected chi connectivity index (χ2v) is 10.9. The normalized spacial score (nSPS) is 29.0. The molecule has 0 radical (unpaired) electrons. The van der Waals surface area contributed by atoms with Crippen LogP contribution in [-0.4, -0.2) is 63.8 Å². The Morgan fingerprint density at radius 2 is 1.79 bits per heavy atom. The van der Waals surface area contributed by atoms with Crippen molar-refractivity contribution in [3.05, 3.63) is 32.6 Å². The second-order valence-electron chi connectivity index (χ2n) is 6.51. The number of aromatic nitrogens is 2. The zero-order valence-corrected chi connectivity index (χ0v) is 19.3. The van der Waals surface area contributed by atoms with Gasteiger partial charge < -0.3 is 34.5 Å². The maximum atomic E-state index is 12.3. The minimum atomic E-state index is -5.78. The standard InChI is InChI=1S/C13H19N2O15P3/c1-3-4-13(19)10(17)8(28-11(13)15-7(2)5-9(16)14-12(15)18)6-27-32(23,24)30-33(25,26)29-31(20,21)22/h5,8,10-11,17,19H,6H2,1-2H3,(H,23,24)(H,25,26)(H,14,16,18)(H2,20,21,22)/t8-,10+,11-,13?/m1/s1. The van der Waals surface area contributed by atoms with Crippen molar-refractivity contribution in [2.45, 2.75) is 37.9 Å². The lowest BCUT2D eigenvalue weighted by Crippen LogP contribution is -2.49. The zero-order chi connectivity index (χ0) is 25.4. The molecular weight excluding hydrogens is 517 g/mol. The Kier molecular flexibility index (Phi) is 8.12. The van der Waals surface area contributed by atoms with E-state index >= 15 is 0 Å². The molecule has 0 spiro atoms. The summed E-state index contributed by atoms with van der Waals surface area (Å²) in [4.78, 5) is 61.4. The number of rotatable bonds is 8. The van der Waals surface area contributed by atoms with Crippen LogP contribution in [-0.2, 0) is 31.6 Å². The molecular formula is C13H19N2O15P3. The maximum absolute atomic E-state index is 12.3. The van der Waals surface area contributed by atoms with Crippen LogP contribution in [0, 0.1) is 18.8 Å². The number of hydrogen-bond donors (Lipinski definition) is 7. The number of aliphatic hydroxyl groups is 2. The Balaban J connectivity index is 2.29. The van der Waals surface area contributed by atoms with Gasteiger partial charge in [0.1, 0.15) is 12.2 Å². The molecule has 0 bridgehead atoms. The van der Waals surface area contributed by atoms with E-state index < -0.39 is 65.4 Å². The van der Waals surface area contributed by atoms with Gasteiger partial charge in [0.25, 0.3) is 5.56 Å². The summed E-state index contributed by atoms with van der Waals surface area (Å²) in [5.41, 5.74) is -4.30. The Morgan fingerprint density at radius 1 is 1.18 bits per heavy atom. The fourth-order valence-corrected chi connectivity index (χ4v) is 5.91. The molecule has 0 aliphatic carbocycles. The van der Waals surface area contributed by atoms with Crippen LogP contribution >= 0.6 is 23.5 Å². The summed E-state index contributed by atoms with van der Waals surface area (Å²) < 4.78 is 51.6. The molecule has 7 N–H and O–H groups in total. The predicted octanol–water partition coefficient (Wildman–Crippen LogP) is -1.80. The van der Waals surface area contributed by atoms with E-state index in [0.717, 1.165) is 10.6 Å². The number of hydrogen-bond acceptors (Lipinski definition) is 11. The molecule has 0 amide bonds. The Labute approximate surface area is 184 Å². The van der Waals surface area contributed by atoms with Crippen LogP contribution in [0.1, 0.15) is 18.8 Å². The second kappa shape index (κ2) is 9.65. The number of aryl methyl sites for hydroxylation is 1. The summed E-state index contributed by atoms with van der Waals surface area (Å²) in [5, 5.41) is 21.4. The van der Waals surface area contributed by atoms with Gasteiger partial charge in [-0.3, -0.25) is 18.9 Å². The summed E-state index contributed by atoms with van der Waals surface area (Å²) in [5.74, 6) is 4.57. The lowest BCUT2D eigenvalue weighted by Gasteiger charge is -2.27. The number of nitrogens with one attached hydrogen (secondary N) is 1. The van der Waals surface area contributed by atoms with Crippen LogP contribution < -0.4 is 11.2 Å². The van der Waals surface area contributed by atoms with Crippen LogP contribution in [0.15, 0.2) is 15.7 Å². The largest absolute Gasteiger partial charge is 0.490 e. The van der Waals surface area contributed by atoms with Crippen LogP contribution in [0.2, 0.25) is 0 Å². The van der Waals surface area contributed by atoms with E-state index in [1.165, 1.54) is 13.8 Å². The zero-order valence-electron chi connectivity index (χ0n) is 16.7. The molecule has 6 atom stereocenters. The molecule has 3 unspecified atom stereocenters. The molecule has 186 valence electrons. The molecule has 33 heavy (non-hydrogen) atoms. The fraction of sp³-hybridized carbons (Fsp3) is 0.538. The molecule has 0 saturated carbocycles. The molecule has 17 nitrogen and oxygen atoms in total. The van der Waals surface area contributed by atoms with E-state index in [-0.39, 0.29) is 5.69 Å². The molecule has 0 aromatic carbocycles. The fourth-order valence-electron chi connectivity index (χ4n) is 2.88. The van der Waals surface area contributed by atoms with Crippen molar-refractivity contribution in [3.8, 4) is 11.8 Å². The van der Waals surface area contributed by atoms with Crippen molar-refractivity contribution in [2.75, 3.05) is 6.61 Å². The highest BCUT2D eigenvalue weighted by Gasteiger charge is 2.57. The van der Waals surface area contributed by atoms with Crippen LogP contribution in [0.25, 0.3) is 0 Å². The van der Waals surface area contributed by atoms with Gasteiger partial charge in [0, 0.05) is 11.8 Å². The summed E-state index contributed by atoms with van der Waals surface area (Å²) >= 11 is 0. The van der Waals surface area contributed by atoms with E-state index in [4.69, 9.17) is 19.4 Å². The van der Waals surface area contributed by atoms with E-state index in [1.54, 1.807) is 0 Å². The number of H-pyrrole nitrogens is 1. The van der Waals surface area contributed by atoms with Crippen molar-refractivity contribution in [3.63, 3.8) is 0 Å². The topological polar surface area (TPSA) is 264 Å². The maximum Gasteiger partial charge on any atom is 0.490 e. The number of aliphatic hydroxyl groups excluding tert-OH is 1. The highest BCUT2D eigenvalue weighted by atomic mass is 31.3. The summed E-state index contributed by atoms with van der Waals surface area (Å²) in [7, 11) is -16.9. The van der Waals surface area contributed by atoms with Gasteiger partial charge in [-0.1, -0.05) is 5.92 Å². The molecule has 2 rings (SSSR count). The van der Waals surface area contributed by atoms with Crippen molar-refractivity contribution in [1.29, 1.82) is 0 Å². The van der Waals surface area contributed by atoms with E-state index in [1.807, 2.05) is 4.98 Å². The third kappa shape index (κ3) is 6.78. The minimum absolute atomic E-state index is 0.00851. The first-order valence-corrected chi connectivity index (χ1v) is 13.0. The quantitative estimate of drug-likeness (QED) is 0.143. The van der Waals surface area contributed by atoms with Crippen molar-refractivity contribution < 1.29 is 61.4 Å². The van der Waals surface area contributed by atoms with E-state index in [9.17, 15) is 38.4 Å². The van der Waals surface area contributed by atoms with Gasteiger partial charge in [0.15, 0.2) is 11.8 Å². The van der Waals surface area contributed by atoms with E-state index in [2.05, 4.69) is 25.0 Å². The van der Waals surface area contributed by atoms with Crippen LogP contribution in [0.5, 0.6) is 0 Å².